The number of unbranched alkanes of at least 4 members (excludes halogenated alkanes) is 8. The molecule has 0 heterocycles. The molecule has 0 fully saturated rings. The van der Waals surface area contributed by atoms with Crippen LogP contribution in [0.3, 0.4) is 0 Å². The van der Waals surface area contributed by atoms with Gasteiger partial charge in [0, 0.05) is 6.42 Å². The lowest BCUT2D eigenvalue weighted by molar-refractivity contribution is -0.157. The van der Waals surface area contributed by atoms with Gasteiger partial charge < -0.3 is 15.2 Å². The minimum atomic E-state index is -1.55. The van der Waals surface area contributed by atoms with Crippen LogP contribution in [0.2, 0.25) is 0 Å². The monoisotopic (exact) mass is 301 g/mol. The van der Waals surface area contributed by atoms with Crippen LogP contribution in [-0.4, -0.2) is 29.8 Å². The van der Waals surface area contributed by atoms with Gasteiger partial charge in [0.2, 0.25) is 12.1 Å². The second kappa shape index (κ2) is 13.9. The molecule has 1 atom stereocenters. The first kappa shape index (κ1) is 19.9. The van der Waals surface area contributed by atoms with E-state index in [0.717, 1.165) is 19.3 Å². The molecule has 5 heteroatoms. The first-order valence-corrected chi connectivity index (χ1v) is 8.25. The van der Waals surface area contributed by atoms with Gasteiger partial charge in [0.25, 0.3) is 0 Å². The van der Waals surface area contributed by atoms with E-state index in [4.69, 9.17) is 0 Å². The number of rotatable bonds is 13. The molecule has 0 aliphatic heterocycles. The summed E-state index contributed by atoms with van der Waals surface area (Å²) in [4.78, 5) is 22.6. The Hall–Kier alpha value is -1.10. The van der Waals surface area contributed by atoms with Crippen molar-refractivity contribution < 1.29 is 19.4 Å². The van der Waals surface area contributed by atoms with E-state index >= 15 is 0 Å². The number of aliphatic hydroxyl groups is 1. The molecule has 0 aromatic carbocycles. The summed E-state index contributed by atoms with van der Waals surface area (Å²) in [5.41, 5.74) is 0. The molecule has 0 aliphatic rings. The van der Waals surface area contributed by atoms with E-state index in [0.29, 0.717) is 6.42 Å². The molecule has 21 heavy (non-hydrogen) atoms. The van der Waals surface area contributed by atoms with Gasteiger partial charge in [-0.1, -0.05) is 58.3 Å². The highest BCUT2D eigenvalue weighted by Gasteiger charge is 2.17. The molecule has 124 valence electrons. The number of carbonyl (C=O) groups excluding carboxylic acids is 2. The third kappa shape index (κ3) is 12.4. The first-order valence-electron chi connectivity index (χ1n) is 8.25. The number of ether oxygens (including phenoxy) is 1. The van der Waals surface area contributed by atoms with Gasteiger partial charge in [-0.15, -0.1) is 0 Å². The molecule has 0 spiro atoms. The topological polar surface area (TPSA) is 75.6 Å². The summed E-state index contributed by atoms with van der Waals surface area (Å²) in [6, 6.07) is 0. The van der Waals surface area contributed by atoms with Crippen LogP contribution in [-0.2, 0) is 14.3 Å². The lowest BCUT2D eigenvalue weighted by atomic mass is 10.1. The van der Waals surface area contributed by atoms with Crippen molar-refractivity contribution >= 4 is 11.9 Å². The van der Waals surface area contributed by atoms with Crippen LogP contribution in [0.25, 0.3) is 0 Å². The Balaban J connectivity index is 3.43. The molecule has 0 aliphatic carbocycles. The van der Waals surface area contributed by atoms with Crippen LogP contribution in [0.15, 0.2) is 0 Å². The summed E-state index contributed by atoms with van der Waals surface area (Å²) in [5.74, 6) is -1.11. The van der Waals surface area contributed by atoms with E-state index in [1.54, 1.807) is 6.92 Å². The van der Waals surface area contributed by atoms with Crippen LogP contribution < -0.4 is 5.32 Å². The van der Waals surface area contributed by atoms with Gasteiger partial charge in [-0.2, -0.15) is 0 Å². The van der Waals surface area contributed by atoms with E-state index in [2.05, 4.69) is 17.0 Å². The highest BCUT2D eigenvalue weighted by atomic mass is 16.5. The highest BCUT2D eigenvalue weighted by molar-refractivity contribution is 5.83. The molecule has 0 rings (SSSR count). The Kier molecular flexibility index (Phi) is 13.1. The summed E-state index contributed by atoms with van der Waals surface area (Å²) in [6.07, 6.45) is 9.44. The third-order valence-electron chi connectivity index (χ3n) is 3.31. The van der Waals surface area contributed by atoms with Crippen molar-refractivity contribution in [1.29, 1.82) is 0 Å². The minimum absolute atomic E-state index is 0.185. The van der Waals surface area contributed by atoms with Crippen molar-refractivity contribution in [3.8, 4) is 0 Å². The molecule has 0 bridgehead atoms. The van der Waals surface area contributed by atoms with Crippen molar-refractivity contribution in [2.75, 3.05) is 6.61 Å². The Morgan fingerprint density at radius 2 is 1.48 bits per heavy atom. The number of nitrogens with one attached hydrogen (secondary N) is 1. The van der Waals surface area contributed by atoms with Gasteiger partial charge in [-0.05, 0) is 13.3 Å². The van der Waals surface area contributed by atoms with Crippen LogP contribution in [0, 0.1) is 0 Å². The molecule has 0 radical (unpaired) electrons. The summed E-state index contributed by atoms with van der Waals surface area (Å²) >= 11 is 0. The van der Waals surface area contributed by atoms with Gasteiger partial charge >= 0.3 is 5.97 Å². The molecular formula is C16H31NO4. The summed E-state index contributed by atoms with van der Waals surface area (Å²) < 4.78 is 4.60. The quantitative estimate of drug-likeness (QED) is 0.311. The zero-order valence-corrected chi connectivity index (χ0v) is 13.5. The Morgan fingerprint density at radius 1 is 0.952 bits per heavy atom. The lowest BCUT2D eigenvalue weighted by Gasteiger charge is -2.11. The van der Waals surface area contributed by atoms with Crippen LogP contribution in [0.1, 0.15) is 78.1 Å². The van der Waals surface area contributed by atoms with E-state index in [-0.39, 0.29) is 12.5 Å². The van der Waals surface area contributed by atoms with E-state index in [1.165, 1.54) is 38.5 Å². The zero-order chi connectivity index (χ0) is 15.9. The molecule has 1 amide bonds. The molecule has 5 nitrogen and oxygen atoms in total. The largest absolute Gasteiger partial charge is 0.463 e. The van der Waals surface area contributed by atoms with Crippen LogP contribution in [0.4, 0.5) is 0 Å². The predicted molar refractivity (Wildman–Crippen MR) is 82.6 cm³/mol. The van der Waals surface area contributed by atoms with E-state index < -0.39 is 12.2 Å². The SMILES string of the molecule is CCCCCCCCCCCC(=O)N[C@H](O)C(=O)OCC. The number of esters is 1. The normalized spacial score (nSPS) is 12.0. The van der Waals surface area contributed by atoms with Gasteiger partial charge in [0.15, 0.2) is 0 Å². The van der Waals surface area contributed by atoms with Gasteiger partial charge in [-0.3, -0.25) is 4.79 Å². The Morgan fingerprint density at radius 3 is 2.00 bits per heavy atom. The molecule has 0 aromatic rings. The average Bonchev–Trinajstić information content (AvgIpc) is 2.45. The fourth-order valence-electron chi connectivity index (χ4n) is 2.10. The van der Waals surface area contributed by atoms with Crippen molar-refractivity contribution in [3.05, 3.63) is 0 Å². The maximum absolute atomic E-state index is 11.5. The lowest BCUT2D eigenvalue weighted by Crippen LogP contribution is -2.41. The highest BCUT2D eigenvalue weighted by Crippen LogP contribution is 2.10. The summed E-state index contributed by atoms with van der Waals surface area (Å²) in [6.45, 7) is 4.04. The Bertz CT molecular complexity index is 281. The van der Waals surface area contributed by atoms with Crippen molar-refractivity contribution in [3.63, 3.8) is 0 Å². The van der Waals surface area contributed by atoms with E-state index in [9.17, 15) is 14.7 Å². The van der Waals surface area contributed by atoms with E-state index in [1.807, 2.05) is 0 Å². The number of aliphatic hydroxyl groups excluding tert-OH is 1. The average molecular weight is 301 g/mol. The molecule has 0 saturated heterocycles. The second-order valence-electron chi connectivity index (χ2n) is 5.30. The molecule has 0 aromatic heterocycles. The van der Waals surface area contributed by atoms with Crippen molar-refractivity contribution in [2.45, 2.75) is 84.3 Å². The fourth-order valence-corrected chi connectivity index (χ4v) is 2.10. The third-order valence-corrected chi connectivity index (χ3v) is 3.31. The standard InChI is InChI=1S/C16H31NO4/c1-3-5-6-7-8-9-10-11-12-13-14(18)17-15(19)16(20)21-4-2/h15,19H,3-13H2,1-2H3,(H,17,18)/t15-/m1/s1. The zero-order valence-electron chi connectivity index (χ0n) is 13.5. The van der Waals surface area contributed by atoms with Crippen molar-refractivity contribution in [1.82, 2.24) is 5.32 Å². The summed E-state index contributed by atoms with van der Waals surface area (Å²) in [7, 11) is 0. The maximum atomic E-state index is 11.5. The molecular weight excluding hydrogens is 270 g/mol. The number of hydrogen-bond donors (Lipinski definition) is 2. The smallest absolute Gasteiger partial charge is 0.356 e. The fraction of sp³-hybridized carbons (Fsp3) is 0.875. The summed E-state index contributed by atoms with van der Waals surface area (Å²) in [5, 5.41) is 11.6. The molecule has 0 unspecified atom stereocenters. The van der Waals surface area contributed by atoms with Crippen LogP contribution in [0.5, 0.6) is 0 Å². The predicted octanol–water partition coefficient (Wildman–Crippen LogP) is 2.91. The number of carbonyl (C=O) groups is 2. The molecule has 0 saturated carbocycles. The first-order chi connectivity index (χ1) is 10.1. The van der Waals surface area contributed by atoms with Gasteiger partial charge in [0.1, 0.15) is 0 Å². The molecule has 2 N–H and O–H groups in total. The number of amides is 1. The Labute approximate surface area is 128 Å². The maximum Gasteiger partial charge on any atom is 0.356 e. The minimum Gasteiger partial charge on any atom is -0.463 e. The van der Waals surface area contributed by atoms with Gasteiger partial charge in [-0.25, -0.2) is 4.79 Å². The van der Waals surface area contributed by atoms with Crippen LogP contribution >= 0.6 is 0 Å². The number of hydrogen-bond acceptors (Lipinski definition) is 4. The second-order valence-corrected chi connectivity index (χ2v) is 5.30. The van der Waals surface area contributed by atoms with Crippen molar-refractivity contribution in [2.24, 2.45) is 0 Å². The van der Waals surface area contributed by atoms with Gasteiger partial charge in [0.05, 0.1) is 6.61 Å².